The fourth-order valence-corrected chi connectivity index (χ4v) is 3.47. The molecule has 0 bridgehead atoms. The van der Waals surface area contributed by atoms with Crippen molar-refractivity contribution in [2.45, 2.75) is 13.0 Å². The molecule has 0 spiro atoms. The molecule has 1 aliphatic heterocycles. The van der Waals surface area contributed by atoms with Crippen LogP contribution in [-0.4, -0.2) is 52.3 Å². The quantitative estimate of drug-likeness (QED) is 0.808. The molecule has 6 nitrogen and oxygen atoms in total. The first-order valence-corrected chi connectivity index (χ1v) is 9.30. The van der Waals surface area contributed by atoms with Crippen molar-refractivity contribution in [1.29, 1.82) is 0 Å². The molecule has 1 atom stereocenters. The van der Waals surface area contributed by atoms with Gasteiger partial charge in [0.2, 0.25) is 0 Å². The summed E-state index contributed by atoms with van der Waals surface area (Å²) in [6.07, 6.45) is 0. The number of nitrogens with zero attached hydrogens (tertiary/aromatic N) is 1. The van der Waals surface area contributed by atoms with Crippen LogP contribution in [0.5, 0.6) is 11.5 Å². The molecule has 1 saturated heterocycles. The maximum atomic E-state index is 12.7. The standard InChI is InChI=1S/C21H27N3O3/c1-16(21(25)22-19-9-4-5-10-20(19)27-3)23-11-13-24(14-12-23)17-7-6-8-18(15-17)26-2/h4-10,15-16H,11-14H2,1-3H3,(H,22,25)/p+1/t16-/m0/s1. The van der Waals surface area contributed by atoms with E-state index in [1.165, 1.54) is 10.6 Å². The highest BCUT2D eigenvalue weighted by Crippen LogP contribution is 2.23. The van der Waals surface area contributed by atoms with Crippen LogP contribution in [0.25, 0.3) is 0 Å². The number of amides is 1. The Morgan fingerprint density at radius 1 is 1.07 bits per heavy atom. The summed E-state index contributed by atoms with van der Waals surface area (Å²) in [5.41, 5.74) is 1.88. The summed E-state index contributed by atoms with van der Waals surface area (Å²) in [5.74, 6) is 1.56. The second-order valence-corrected chi connectivity index (χ2v) is 6.76. The number of carbonyl (C=O) groups excluding carboxylic acids is 1. The number of hydrogen-bond acceptors (Lipinski definition) is 4. The predicted molar refractivity (Wildman–Crippen MR) is 107 cm³/mol. The molecular weight excluding hydrogens is 342 g/mol. The summed E-state index contributed by atoms with van der Waals surface area (Å²) in [6.45, 7) is 5.64. The zero-order valence-electron chi connectivity index (χ0n) is 16.2. The lowest BCUT2D eigenvalue weighted by Gasteiger charge is -2.36. The smallest absolute Gasteiger partial charge is 0.282 e. The van der Waals surface area contributed by atoms with E-state index in [1.807, 2.05) is 43.3 Å². The Bertz CT molecular complexity index is 773. The number of hydrogen-bond donors (Lipinski definition) is 2. The molecule has 1 amide bonds. The van der Waals surface area contributed by atoms with Gasteiger partial charge in [0.25, 0.3) is 5.91 Å². The lowest BCUT2D eigenvalue weighted by atomic mass is 10.2. The summed E-state index contributed by atoms with van der Waals surface area (Å²) in [6, 6.07) is 15.5. The summed E-state index contributed by atoms with van der Waals surface area (Å²) >= 11 is 0. The SMILES string of the molecule is COc1cccc(N2CC[NH+]([C@@H](C)C(=O)Nc3ccccc3OC)CC2)c1. The van der Waals surface area contributed by atoms with Gasteiger partial charge < -0.3 is 24.6 Å². The normalized spacial score (nSPS) is 15.9. The molecule has 1 fully saturated rings. The molecule has 3 rings (SSSR count). The van der Waals surface area contributed by atoms with Crippen LogP contribution in [0.3, 0.4) is 0 Å². The number of nitrogens with one attached hydrogen (secondary N) is 2. The largest absolute Gasteiger partial charge is 0.497 e. The Morgan fingerprint density at radius 3 is 2.52 bits per heavy atom. The lowest BCUT2D eigenvalue weighted by molar-refractivity contribution is -0.914. The fraction of sp³-hybridized carbons (Fsp3) is 0.381. The number of anilines is 2. The third-order valence-electron chi connectivity index (χ3n) is 5.19. The zero-order valence-corrected chi connectivity index (χ0v) is 16.2. The van der Waals surface area contributed by atoms with Gasteiger partial charge in [-0.2, -0.15) is 0 Å². The van der Waals surface area contributed by atoms with Gasteiger partial charge >= 0.3 is 0 Å². The fourth-order valence-electron chi connectivity index (χ4n) is 3.47. The van der Waals surface area contributed by atoms with E-state index in [4.69, 9.17) is 9.47 Å². The van der Waals surface area contributed by atoms with E-state index in [0.717, 1.165) is 31.9 Å². The topological polar surface area (TPSA) is 55.2 Å². The van der Waals surface area contributed by atoms with Crippen molar-refractivity contribution in [2.75, 3.05) is 50.6 Å². The van der Waals surface area contributed by atoms with Gasteiger partial charge in [0.05, 0.1) is 46.1 Å². The van der Waals surface area contributed by atoms with Gasteiger partial charge in [-0.3, -0.25) is 4.79 Å². The highest BCUT2D eigenvalue weighted by molar-refractivity contribution is 5.94. The van der Waals surface area contributed by atoms with E-state index in [-0.39, 0.29) is 11.9 Å². The maximum Gasteiger partial charge on any atom is 0.282 e. The summed E-state index contributed by atoms with van der Waals surface area (Å²) in [5, 5.41) is 3.00. The van der Waals surface area contributed by atoms with Crippen molar-refractivity contribution in [3.05, 3.63) is 48.5 Å². The van der Waals surface area contributed by atoms with Gasteiger partial charge in [-0.15, -0.1) is 0 Å². The van der Waals surface area contributed by atoms with Crippen LogP contribution >= 0.6 is 0 Å². The first-order chi connectivity index (χ1) is 13.1. The summed E-state index contributed by atoms with van der Waals surface area (Å²) in [4.78, 5) is 16.3. The third-order valence-corrected chi connectivity index (χ3v) is 5.19. The Labute approximate surface area is 160 Å². The Kier molecular flexibility index (Phi) is 6.19. The molecule has 1 aliphatic rings. The number of methoxy groups -OCH3 is 2. The molecule has 0 saturated carbocycles. The monoisotopic (exact) mass is 370 g/mol. The highest BCUT2D eigenvalue weighted by atomic mass is 16.5. The van der Waals surface area contributed by atoms with Crippen LogP contribution in [0.4, 0.5) is 11.4 Å². The molecule has 2 aromatic carbocycles. The number of piperazine rings is 1. The van der Waals surface area contributed by atoms with Crippen molar-refractivity contribution < 1.29 is 19.2 Å². The molecule has 0 radical (unpaired) electrons. The van der Waals surface area contributed by atoms with E-state index < -0.39 is 0 Å². The van der Waals surface area contributed by atoms with Crippen molar-refractivity contribution in [3.8, 4) is 11.5 Å². The number of quaternary nitrogens is 1. The van der Waals surface area contributed by atoms with Gasteiger partial charge in [0, 0.05) is 11.8 Å². The van der Waals surface area contributed by atoms with E-state index in [1.54, 1.807) is 14.2 Å². The average molecular weight is 370 g/mol. The second kappa shape index (κ2) is 8.77. The Balaban J connectivity index is 1.57. The molecule has 2 aromatic rings. The number of rotatable bonds is 6. The van der Waals surface area contributed by atoms with Crippen LogP contribution in [0.2, 0.25) is 0 Å². The van der Waals surface area contributed by atoms with Crippen LogP contribution in [0.15, 0.2) is 48.5 Å². The zero-order chi connectivity index (χ0) is 19.2. The van der Waals surface area contributed by atoms with Gasteiger partial charge in [0.1, 0.15) is 11.5 Å². The van der Waals surface area contributed by atoms with Crippen molar-refractivity contribution in [2.24, 2.45) is 0 Å². The van der Waals surface area contributed by atoms with Crippen LogP contribution in [-0.2, 0) is 4.79 Å². The molecule has 0 aliphatic carbocycles. The Hall–Kier alpha value is -2.73. The molecule has 2 N–H and O–H groups in total. The molecule has 6 heteroatoms. The minimum absolute atomic E-state index is 0.0179. The van der Waals surface area contributed by atoms with E-state index in [0.29, 0.717) is 11.4 Å². The van der Waals surface area contributed by atoms with Gasteiger partial charge in [-0.25, -0.2) is 0 Å². The van der Waals surface area contributed by atoms with Gasteiger partial charge in [-0.05, 0) is 31.2 Å². The number of benzene rings is 2. The van der Waals surface area contributed by atoms with Gasteiger partial charge in [0.15, 0.2) is 6.04 Å². The Morgan fingerprint density at radius 2 is 1.81 bits per heavy atom. The molecule has 144 valence electrons. The first-order valence-electron chi connectivity index (χ1n) is 9.30. The maximum absolute atomic E-state index is 12.7. The van der Waals surface area contributed by atoms with Crippen LogP contribution in [0.1, 0.15) is 6.92 Å². The molecule has 0 unspecified atom stereocenters. The number of carbonyl (C=O) groups is 1. The van der Waals surface area contributed by atoms with E-state index in [2.05, 4.69) is 22.3 Å². The minimum atomic E-state index is -0.123. The molecule has 27 heavy (non-hydrogen) atoms. The van der Waals surface area contributed by atoms with Crippen molar-refractivity contribution in [1.82, 2.24) is 0 Å². The lowest BCUT2D eigenvalue weighted by Crippen LogP contribution is -3.19. The van der Waals surface area contributed by atoms with E-state index >= 15 is 0 Å². The average Bonchev–Trinajstić information content (AvgIpc) is 2.73. The molecular formula is C21H28N3O3+. The van der Waals surface area contributed by atoms with Crippen LogP contribution < -0.4 is 24.6 Å². The van der Waals surface area contributed by atoms with Crippen LogP contribution in [0, 0.1) is 0 Å². The van der Waals surface area contributed by atoms with Crippen molar-refractivity contribution >= 4 is 17.3 Å². The predicted octanol–water partition coefficient (Wildman–Crippen LogP) is 1.44. The number of ether oxygens (including phenoxy) is 2. The highest BCUT2D eigenvalue weighted by Gasteiger charge is 2.29. The minimum Gasteiger partial charge on any atom is -0.497 e. The number of para-hydroxylation sites is 2. The summed E-state index contributed by atoms with van der Waals surface area (Å²) in [7, 11) is 3.29. The van der Waals surface area contributed by atoms with Crippen molar-refractivity contribution in [3.63, 3.8) is 0 Å². The third kappa shape index (κ3) is 4.52. The molecule has 1 heterocycles. The summed E-state index contributed by atoms with van der Waals surface area (Å²) < 4.78 is 10.6. The molecule has 0 aromatic heterocycles. The first kappa shape index (κ1) is 19.0. The van der Waals surface area contributed by atoms with E-state index in [9.17, 15) is 4.79 Å². The van der Waals surface area contributed by atoms with Gasteiger partial charge in [-0.1, -0.05) is 18.2 Å². The second-order valence-electron chi connectivity index (χ2n) is 6.76.